The molecule has 0 amide bonds. The quantitative estimate of drug-likeness (QED) is 0.801. The average molecular weight is 262 g/mol. The second-order valence-corrected chi connectivity index (χ2v) is 4.36. The molecule has 0 saturated carbocycles. The topological polar surface area (TPSA) is 24.1 Å². The number of hydrogen-bond acceptors (Lipinski definition) is 2. The first-order chi connectivity index (χ1) is 8.47. The minimum absolute atomic E-state index is 0.137. The number of halogens is 4. The lowest BCUT2D eigenvalue weighted by Crippen LogP contribution is -2.35. The third-order valence-corrected chi connectivity index (χ3v) is 2.98. The van der Waals surface area contributed by atoms with Crippen molar-refractivity contribution in [2.75, 3.05) is 18.4 Å². The maximum Gasteiger partial charge on any atom is 0.419 e. The number of nitrogens with one attached hydrogen (secondary N) is 2. The van der Waals surface area contributed by atoms with Crippen molar-refractivity contribution in [1.82, 2.24) is 5.32 Å². The van der Waals surface area contributed by atoms with Crippen LogP contribution in [-0.2, 0) is 6.18 Å². The van der Waals surface area contributed by atoms with E-state index in [-0.39, 0.29) is 6.04 Å². The van der Waals surface area contributed by atoms with Crippen LogP contribution >= 0.6 is 0 Å². The summed E-state index contributed by atoms with van der Waals surface area (Å²) < 4.78 is 50.7. The summed E-state index contributed by atoms with van der Waals surface area (Å²) in [4.78, 5) is 0. The summed E-state index contributed by atoms with van der Waals surface area (Å²) in [6.45, 7) is 1.68. The molecule has 1 aliphatic rings. The zero-order chi connectivity index (χ0) is 13.2. The molecule has 0 spiro atoms. The lowest BCUT2D eigenvalue weighted by molar-refractivity contribution is -0.139. The Morgan fingerprint density at radius 3 is 2.44 bits per heavy atom. The lowest BCUT2D eigenvalue weighted by atomic mass is 10.1. The summed E-state index contributed by atoms with van der Waals surface area (Å²) in [5.41, 5.74) is -0.906. The summed E-state index contributed by atoms with van der Waals surface area (Å²) in [7, 11) is 0. The molecule has 1 heterocycles. The van der Waals surface area contributed by atoms with Crippen molar-refractivity contribution in [1.29, 1.82) is 0 Å². The smallest absolute Gasteiger partial charge is 0.382 e. The highest BCUT2D eigenvalue weighted by Crippen LogP contribution is 2.33. The molecule has 0 aliphatic carbocycles. The Balaban J connectivity index is 2.14. The number of anilines is 1. The Morgan fingerprint density at radius 1 is 1.17 bits per heavy atom. The predicted molar refractivity (Wildman–Crippen MR) is 60.9 cm³/mol. The van der Waals surface area contributed by atoms with Gasteiger partial charge in [-0.25, -0.2) is 4.39 Å². The van der Waals surface area contributed by atoms with Gasteiger partial charge in [-0.1, -0.05) is 0 Å². The summed E-state index contributed by atoms with van der Waals surface area (Å²) in [6, 6.07) is 3.16. The Hall–Kier alpha value is -1.30. The molecule has 1 aliphatic heterocycles. The Labute approximate surface area is 102 Å². The second kappa shape index (κ2) is 5.14. The number of alkyl halides is 3. The maximum absolute atomic E-state index is 13.1. The number of hydrogen-bond donors (Lipinski definition) is 2. The summed E-state index contributed by atoms with van der Waals surface area (Å²) in [5.74, 6) is -1.24. The van der Waals surface area contributed by atoms with E-state index in [1.165, 1.54) is 6.07 Å². The fraction of sp³-hybridized carbons (Fsp3) is 0.500. The minimum Gasteiger partial charge on any atom is -0.382 e. The fourth-order valence-corrected chi connectivity index (χ4v) is 2.03. The van der Waals surface area contributed by atoms with E-state index in [2.05, 4.69) is 10.6 Å². The molecule has 0 atom stereocenters. The molecule has 2 nitrogen and oxygen atoms in total. The van der Waals surface area contributed by atoms with Crippen LogP contribution in [0.25, 0.3) is 0 Å². The van der Waals surface area contributed by atoms with Crippen molar-refractivity contribution >= 4 is 5.69 Å². The molecule has 1 aromatic rings. The molecule has 2 N–H and O–H groups in total. The normalized spacial score (nSPS) is 17.8. The van der Waals surface area contributed by atoms with Crippen molar-refractivity contribution in [2.24, 2.45) is 0 Å². The first-order valence-electron chi connectivity index (χ1n) is 5.81. The van der Waals surface area contributed by atoms with Gasteiger partial charge in [-0.2, -0.15) is 13.2 Å². The Kier molecular flexibility index (Phi) is 3.75. The molecule has 1 saturated heterocycles. The van der Waals surface area contributed by atoms with Gasteiger partial charge in [0.1, 0.15) is 5.82 Å². The van der Waals surface area contributed by atoms with Crippen LogP contribution in [0.4, 0.5) is 23.2 Å². The van der Waals surface area contributed by atoms with Crippen LogP contribution in [0.2, 0.25) is 0 Å². The van der Waals surface area contributed by atoms with E-state index in [0.29, 0.717) is 5.69 Å². The van der Waals surface area contributed by atoms with Gasteiger partial charge in [0.25, 0.3) is 0 Å². The van der Waals surface area contributed by atoms with E-state index in [1.54, 1.807) is 0 Å². The molecule has 0 radical (unpaired) electrons. The molecule has 2 rings (SSSR count). The molecule has 0 bridgehead atoms. The van der Waals surface area contributed by atoms with Crippen LogP contribution in [0.15, 0.2) is 18.2 Å². The van der Waals surface area contributed by atoms with E-state index in [1.807, 2.05) is 0 Å². The van der Waals surface area contributed by atoms with E-state index >= 15 is 0 Å². The van der Waals surface area contributed by atoms with Gasteiger partial charge in [0.15, 0.2) is 0 Å². The van der Waals surface area contributed by atoms with E-state index < -0.39 is 17.6 Å². The molecule has 1 aromatic carbocycles. The number of rotatable bonds is 2. The van der Waals surface area contributed by atoms with E-state index in [0.717, 1.165) is 38.1 Å². The highest BCUT2D eigenvalue weighted by Gasteiger charge is 2.34. The SMILES string of the molecule is Fc1ccc(NC2CCNCC2)cc1C(F)(F)F. The molecule has 0 unspecified atom stereocenters. The summed E-state index contributed by atoms with van der Waals surface area (Å²) in [6.07, 6.45) is -2.96. The minimum atomic E-state index is -4.66. The lowest BCUT2D eigenvalue weighted by Gasteiger charge is -2.25. The monoisotopic (exact) mass is 262 g/mol. The van der Waals surface area contributed by atoms with E-state index in [4.69, 9.17) is 0 Å². The molecular formula is C12H14F4N2. The van der Waals surface area contributed by atoms with Crippen molar-refractivity contribution in [3.8, 4) is 0 Å². The van der Waals surface area contributed by atoms with Crippen LogP contribution in [0.5, 0.6) is 0 Å². The maximum atomic E-state index is 13.1. The number of benzene rings is 1. The van der Waals surface area contributed by atoms with Crippen molar-refractivity contribution in [3.63, 3.8) is 0 Å². The second-order valence-electron chi connectivity index (χ2n) is 4.36. The van der Waals surface area contributed by atoms with Crippen molar-refractivity contribution in [3.05, 3.63) is 29.6 Å². The number of piperidine rings is 1. The Morgan fingerprint density at radius 2 is 1.83 bits per heavy atom. The van der Waals surface area contributed by atoms with Gasteiger partial charge in [-0.3, -0.25) is 0 Å². The zero-order valence-electron chi connectivity index (χ0n) is 9.65. The largest absolute Gasteiger partial charge is 0.419 e. The predicted octanol–water partition coefficient (Wildman–Crippen LogP) is 3.01. The standard InChI is InChI=1S/C12H14F4N2/c13-11-2-1-9(7-10(11)12(14,15)16)18-8-3-5-17-6-4-8/h1-2,7-8,17-18H,3-6H2. The van der Waals surface area contributed by atoms with Crippen LogP contribution in [0.1, 0.15) is 18.4 Å². The fourth-order valence-electron chi connectivity index (χ4n) is 2.03. The van der Waals surface area contributed by atoms with Gasteiger partial charge in [-0.05, 0) is 44.1 Å². The highest BCUT2D eigenvalue weighted by molar-refractivity contribution is 5.47. The first kappa shape index (κ1) is 13.1. The zero-order valence-corrected chi connectivity index (χ0v) is 9.65. The molecule has 100 valence electrons. The van der Waals surface area contributed by atoms with Gasteiger partial charge < -0.3 is 10.6 Å². The summed E-state index contributed by atoms with van der Waals surface area (Å²) in [5, 5.41) is 6.18. The van der Waals surface area contributed by atoms with Crippen molar-refractivity contribution in [2.45, 2.75) is 25.1 Å². The third-order valence-electron chi connectivity index (χ3n) is 2.98. The van der Waals surface area contributed by atoms with Gasteiger partial charge in [-0.15, -0.1) is 0 Å². The first-order valence-corrected chi connectivity index (χ1v) is 5.81. The Bertz CT molecular complexity index is 411. The van der Waals surface area contributed by atoms with Gasteiger partial charge >= 0.3 is 6.18 Å². The average Bonchev–Trinajstić information content (AvgIpc) is 2.31. The summed E-state index contributed by atoms with van der Waals surface area (Å²) >= 11 is 0. The van der Waals surface area contributed by atoms with Gasteiger partial charge in [0, 0.05) is 11.7 Å². The van der Waals surface area contributed by atoms with Crippen molar-refractivity contribution < 1.29 is 17.6 Å². The van der Waals surface area contributed by atoms with Crippen LogP contribution < -0.4 is 10.6 Å². The van der Waals surface area contributed by atoms with Crippen LogP contribution in [0.3, 0.4) is 0 Å². The van der Waals surface area contributed by atoms with Gasteiger partial charge in [0.05, 0.1) is 5.56 Å². The van der Waals surface area contributed by atoms with Gasteiger partial charge in [0.2, 0.25) is 0 Å². The third kappa shape index (κ3) is 3.13. The molecule has 1 fully saturated rings. The molecule has 18 heavy (non-hydrogen) atoms. The van der Waals surface area contributed by atoms with Crippen LogP contribution in [0, 0.1) is 5.82 Å². The molecule has 6 heteroatoms. The molecular weight excluding hydrogens is 248 g/mol. The molecule has 0 aromatic heterocycles. The van der Waals surface area contributed by atoms with E-state index in [9.17, 15) is 17.6 Å². The highest BCUT2D eigenvalue weighted by atomic mass is 19.4. The van der Waals surface area contributed by atoms with Crippen LogP contribution in [-0.4, -0.2) is 19.1 Å².